The minimum absolute atomic E-state index is 0. The number of halogens is 1. The van der Waals surface area contributed by atoms with Gasteiger partial charge in [-0.05, 0) is 31.5 Å². The van der Waals surface area contributed by atoms with Crippen LogP contribution in [0.4, 0.5) is 5.82 Å². The molecule has 130 valence electrons. The summed E-state index contributed by atoms with van der Waals surface area (Å²) < 4.78 is 0.282. The van der Waals surface area contributed by atoms with Crippen LogP contribution in [-0.4, -0.2) is 60.6 Å². The largest absolute Gasteiger partial charge is 0.363 e. The summed E-state index contributed by atoms with van der Waals surface area (Å²) in [7, 11) is 5.87. The number of aliphatic imine (C=N–C) groups is 1. The Morgan fingerprint density at radius 1 is 1.48 bits per heavy atom. The van der Waals surface area contributed by atoms with Crippen LogP contribution in [0.2, 0.25) is 0 Å². The molecule has 0 bridgehead atoms. The molecule has 23 heavy (non-hydrogen) atoms. The third kappa shape index (κ3) is 6.02. The van der Waals surface area contributed by atoms with E-state index in [-0.39, 0.29) is 28.7 Å². The number of rotatable bonds is 3. The molecule has 1 saturated heterocycles. The molecule has 0 saturated carbocycles. The van der Waals surface area contributed by atoms with Gasteiger partial charge >= 0.3 is 0 Å². The van der Waals surface area contributed by atoms with E-state index < -0.39 is 0 Å². The van der Waals surface area contributed by atoms with Gasteiger partial charge < -0.3 is 15.1 Å². The fourth-order valence-corrected chi connectivity index (χ4v) is 3.64. The molecular weight excluding hydrogens is 421 g/mol. The van der Waals surface area contributed by atoms with Crippen LogP contribution in [0.1, 0.15) is 19.4 Å². The first-order valence-corrected chi connectivity index (χ1v) is 8.62. The first kappa shape index (κ1) is 20.3. The SMILES string of the molecule is CN=C(NCc1ccnc(N(C)C)c1)N1CCSC(C)(C)C1.I. The Hall–Kier alpha value is -0.700. The third-order valence-corrected chi connectivity index (χ3v) is 4.95. The van der Waals surface area contributed by atoms with Crippen molar-refractivity contribution in [3.8, 4) is 0 Å². The number of aromatic nitrogens is 1. The molecule has 1 fully saturated rings. The van der Waals surface area contributed by atoms with Crippen LogP contribution >= 0.6 is 35.7 Å². The molecule has 5 nitrogen and oxygen atoms in total. The smallest absolute Gasteiger partial charge is 0.193 e. The van der Waals surface area contributed by atoms with E-state index in [0.29, 0.717) is 0 Å². The van der Waals surface area contributed by atoms with E-state index >= 15 is 0 Å². The van der Waals surface area contributed by atoms with Gasteiger partial charge in [-0.2, -0.15) is 11.8 Å². The molecule has 1 N–H and O–H groups in total. The Bertz CT molecular complexity index is 533. The lowest BCUT2D eigenvalue weighted by atomic mass is 10.2. The fraction of sp³-hybridized carbons (Fsp3) is 0.625. The summed E-state index contributed by atoms with van der Waals surface area (Å²) in [6, 6.07) is 4.15. The standard InChI is InChI=1S/C16H27N5S.HI/c1-16(2)12-21(8-9-22-16)15(17-3)19-11-13-6-7-18-14(10-13)20(4)5;/h6-7,10H,8-9,11-12H2,1-5H3,(H,17,19);1H. The van der Waals surface area contributed by atoms with Crippen molar-refractivity contribution in [1.82, 2.24) is 15.2 Å². The highest BCUT2D eigenvalue weighted by Crippen LogP contribution is 2.29. The second-order valence-electron chi connectivity index (χ2n) is 6.35. The predicted octanol–water partition coefficient (Wildman–Crippen LogP) is 2.67. The van der Waals surface area contributed by atoms with E-state index in [2.05, 4.69) is 40.1 Å². The summed E-state index contributed by atoms with van der Waals surface area (Å²) in [5.41, 5.74) is 1.21. The third-order valence-electron chi connectivity index (χ3n) is 3.66. The van der Waals surface area contributed by atoms with Gasteiger partial charge in [0.15, 0.2) is 5.96 Å². The van der Waals surface area contributed by atoms with Crippen molar-refractivity contribution in [1.29, 1.82) is 0 Å². The number of anilines is 1. The lowest BCUT2D eigenvalue weighted by Gasteiger charge is -2.39. The minimum Gasteiger partial charge on any atom is -0.363 e. The second kappa shape index (κ2) is 8.96. The molecule has 0 spiro atoms. The summed E-state index contributed by atoms with van der Waals surface area (Å²) in [6.45, 7) is 7.43. The van der Waals surface area contributed by atoms with Crippen molar-refractivity contribution in [3.63, 3.8) is 0 Å². The Kier molecular flexibility index (Phi) is 7.93. The molecule has 0 radical (unpaired) electrons. The second-order valence-corrected chi connectivity index (χ2v) is 8.15. The average Bonchev–Trinajstić information content (AvgIpc) is 2.47. The van der Waals surface area contributed by atoms with Crippen molar-refractivity contribution >= 4 is 47.5 Å². The number of thioether (sulfide) groups is 1. The Labute approximate surface area is 161 Å². The van der Waals surface area contributed by atoms with E-state index in [4.69, 9.17) is 0 Å². The van der Waals surface area contributed by atoms with Crippen LogP contribution in [0.15, 0.2) is 23.3 Å². The molecule has 0 aromatic carbocycles. The van der Waals surface area contributed by atoms with Gasteiger partial charge in [-0.1, -0.05) is 0 Å². The van der Waals surface area contributed by atoms with E-state index in [1.54, 1.807) is 0 Å². The topological polar surface area (TPSA) is 43.8 Å². The first-order valence-electron chi connectivity index (χ1n) is 7.63. The Morgan fingerprint density at radius 2 is 2.22 bits per heavy atom. The normalized spacial score (nSPS) is 17.4. The molecule has 0 aliphatic carbocycles. The molecule has 0 atom stereocenters. The van der Waals surface area contributed by atoms with Crippen LogP contribution in [-0.2, 0) is 6.54 Å². The van der Waals surface area contributed by atoms with Crippen molar-refractivity contribution in [2.45, 2.75) is 25.1 Å². The van der Waals surface area contributed by atoms with Gasteiger partial charge in [0.25, 0.3) is 0 Å². The zero-order valence-electron chi connectivity index (χ0n) is 14.7. The van der Waals surface area contributed by atoms with Crippen LogP contribution < -0.4 is 10.2 Å². The van der Waals surface area contributed by atoms with Crippen molar-refractivity contribution < 1.29 is 0 Å². The lowest BCUT2D eigenvalue weighted by Crippen LogP contribution is -2.50. The van der Waals surface area contributed by atoms with Crippen molar-refractivity contribution in [2.75, 3.05) is 44.9 Å². The van der Waals surface area contributed by atoms with Crippen LogP contribution in [0.25, 0.3) is 0 Å². The maximum atomic E-state index is 4.45. The van der Waals surface area contributed by atoms with Crippen LogP contribution in [0, 0.1) is 0 Å². The van der Waals surface area contributed by atoms with Gasteiger partial charge in [0.2, 0.25) is 0 Å². The summed E-state index contributed by atoms with van der Waals surface area (Å²) in [4.78, 5) is 13.2. The molecule has 2 heterocycles. The average molecular weight is 449 g/mol. The monoisotopic (exact) mass is 449 g/mol. The minimum atomic E-state index is 0. The molecular formula is C16H28IN5S. The maximum Gasteiger partial charge on any atom is 0.193 e. The number of hydrogen-bond donors (Lipinski definition) is 1. The molecule has 1 aliphatic rings. The van der Waals surface area contributed by atoms with Gasteiger partial charge in [-0.25, -0.2) is 4.98 Å². The maximum absolute atomic E-state index is 4.45. The summed E-state index contributed by atoms with van der Waals surface area (Å²) in [5, 5.41) is 3.48. The number of pyridine rings is 1. The zero-order valence-corrected chi connectivity index (χ0v) is 17.8. The van der Waals surface area contributed by atoms with Crippen molar-refractivity contribution in [3.05, 3.63) is 23.9 Å². The molecule has 7 heteroatoms. The molecule has 1 aliphatic heterocycles. The van der Waals surface area contributed by atoms with E-state index in [9.17, 15) is 0 Å². The molecule has 2 rings (SSSR count). The van der Waals surface area contributed by atoms with Crippen LogP contribution in [0.3, 0.4) is 0 Å². The lowest BCUT2D eigenvalue weighted by molar-refractivity contribution is 0.375. The highest BCUT2D eigenvalue weighted by atomic mass is 127. The van der Waals surface area contributed by atoms with Gasteiger partial charge in [0.05, 0.1) is 0 Å². The summed E-state index contributed by atoms with van der Waals surface area (Å²) in [6.07, 6.45) is 1.86. The van der Waals surface area contributed by atoms with E-state index in [1.807, 2.05) is 50.1 Å². The number of nitrogens with one attached hydrogen (secondary N) is 1. The quantitative estimate of drug-likeness (QED) is 0.437. The Morgan fingerprint density at radius 3 is 2.83 bits per heavy atom. The highest BCUT2D eigenvalue weighted by Gasteiger charge is 2.28. The van der Waals surface area contributed by atoms with Gasteiger partial charge in [-0.3, -0.25) is 4.99 Å². The molecule has 1 aromatic heterocycles. The predicted molar refractivity (Wildman–Crippen MR) is 112 cm³/mol. The van der Waals surface area contributed by atoms with E-state index in [0.717, 1.165) is 37.2 Å². The molecule has 0 amide bonds. The highest BCUT2D eigenvalue weighted by molar-refractivity contribution is 14.0. The zero-order chi connectivity index (χ0) is 16.2. The fourth-order valence-electron chi connectivity index (χ4n) is 2.53. The van der Waals surface area contributed by atoms with Gasteiger partial charge in [-0.15, -0.1) is 24.0 Å². The number of guanidine groups is 1. The van der Waals surface area contributed by atoms with Crippen LogP contribution in [0.5, 0.6) is 0 Å². The first-order chi connectivity index (χ1) is 10.4. The number of hydrogen-bond acceptors (Lipinski definition) is 4. The van der Waals surface area contributed by atoms with Gasteiger partial charge in [0, 0.05) is 57.5 Å². The summed E-state index contributed by atoms with van der Waals surface area (Å²) >= 11 is 2.03. The Balaban J connectivity index is 0.00000264. The molecule has 0 unspecified atom stereocenters. The van der Waals surface area contributed by atoms with Crippen molar-refractivity contribution in [2.24, 2.45) is 4.99 Å². The van der Waals surface area contributed by atoms with Gasteiger partial charge in [0.1, 0.15) is 5.82 Å². The van der Waals surface area contributed by atoms with E-state index in [1.165, 1.54) is 5.56 Å². The molecule has 1 aromatic rings. The number of nitrogens with zero attached hydrogens (tertiary/aromatic N) is 4. The summed E-state index contributed by atoms with van der Waals surface area (Å²) in [5.74, 6) is 3.11.